The van der Waals surface area contributed by atoms with Crippen molar-refractivity contribution < 1.29 is 22.8 Å². The van der Waals surface area contributed by atoms with E-state index >= 15 is 8.78 Å². The number of fused-ring (bicyclic) bond motifs is 1. The number of Topliss-reactive ketones (excluding diaryl/α,β-unsaturated/α-hetero) is 1. The normalized spacial score (nSPS) is 11.0. The van der Waals surface area contributed by atoms with Crippen molar-refractivity contribution in [3.8, 4) is 28.3 Å². The third-order valence-electron chi connectivity index (χ3n) is 7.40. The van der Waals surface area contributed by atoms with Crippen molar-refractivity contribution in [1.29, 1.82) is 0 Å². The molecule has 0 spiro atoms. The Balaban J connectivity index is 0.00000417. The number of thiophene rings is 1. The van der Waals surface area contributed by atoms with Gasteiger partial charge in [-0.15, -0.1) is 11.3 Å². The van der Waals surface area contributed by atoms with Gasteiger partial charge in [0.25, 0.3) is 5.56 Å². The maximum absolute atomic E-state index is 15.7. The number of hydrogen-bond acceptors (Lipinski definition) is 8. The van der Waals surface area contributed by atoms with Crippen molar-refractivity contribution in [3.05, 3.63) is 126 Å². The first-order valence-corrected chi connectivity index (χ1v) is 14.6. The summed E-state index contributed by atoms with van der Waals surface area (Å²) in [4.78, 5) is 55.3. The number of rotatable bonds is 9. The van der Waals surface area contributed by atoms with E-state index in [-0.39, 0.29) is 78.6 Å². The third kappa shape index (κ3) is 6.41. The van der Waals surface area contributed by atoms with E-state index in [0.717, 1.165) is 26.1 Å². The molecule has 0 aliphatic heterocycles. The predicted octanol–water partition coefficient (Wildman–Crippen LogP) is 4.63. The molecule has 3 heterocycles. The molecule has 0 amide bonds. The van der Waals surface area contributed by atoms with E-state index in [9.17, 15) is 19.2 Å². The molecule has 0 aliphatic rings. The molecule has 0 bridgehead atoms. The second kappa shape index (κ2) is 13.9. The molecule has 229 valence electrons. The molecule has 0 saturated heterocycles. The first-order chi connectivity index (χ1) is 21.7. The summed E-state index contributed by atoms with van der Waals surface area (Å²) in [6.45, 7) is 0.776. The molecule has 10 nitrogen and oxygen atoms in total. The quantitative estimate of drug-likeness (QED) is 0.176. The Kier molecular flexibility index (Phi) is 10.1. The Hall–Kier alpha value is -3.79. The standard InChI is InChI=1S/C32H24F2N4O6S.K/c1-3-20-14-23-29(40)37(16-27(39)17-8-10-19(43-2)11-9-17)32(42)38(30(23)45-20)15-24-25(33)12-18(13-26(24)34)21-6-4-5-7-22(21)28-35-31(41)44-36-28;/h4-14H,3,15-16H2,1-2H3,(H,35,36,41);. The average Bonchev–Trinajstić information content (AvgIpc) is 3.69. The number of aryl methyl sites for hydroxylation is 1. The van der Waals surface area contributed by atoms with Gasteiger partial charge in [0.15, 0.2) is 11.6 Å². The average molecular weight is 670 g/mol. The fraction of sp³-hybridized carbons (Fsp3) is 0.156. The summed E-state index contributed by atoms with van der Waals surface area (Å²) in [7, 11) is 1.49. The molecule has 3 aromatic heterocycles. The molecule has 0 atom stereocenters. The summed E-state index contributed by atoms with van der Waals surface area (Å²) in [5, 5.41) is 3.85. The second-order valence-electron chi connectivity index (χ2n) is 10.1. The summed E-state index contributed by atoms with van der Waals surface area (Å²) in [6.07, 6.45) is 0.561. The monoisotopic (exact) mass is 669 g/mol. The van der Waals surface area contributed by atoms with Crippen LogP contribution in [0.4, 0.5) is 8.78 Å². The van der Waals surface area contributed by atoms with Gasteiger partial charge >= 0.3 is 11.4 Å². The number of nitrogens with one attached hydrogen (secondary N) is 1. The Morgan fingerprint density at radius 1 is 0.978 bits per heavy atom. The first-order valence-electron chi connectivity index (χ1n) is 13.8. The molecule has 0 fully saturated rings. The zero-order chi connectivity index (χ0) is 31.8. The molecule has 46 heavy (non-hydrogen) atoms. The minimum atomic E-state index is -0.937. The van der Waals surface area contributed by atoms with Gasteiger partial charge in [0.05, 0.1) is 25.6 Å². The zero-order valence-corrected chi connectivity index (χ0v) is 28.9. The van der Waals surface area contributed by atoms with Crippen LogP contribution >= 0.6 is 11.3 Å². The molecule has 14 heteroatoms. The van der Waals surface area contributed by atoms with Gasteiger partial charge in [-0.05, 0) is 60.0 Å². The maximum atomic E-state index is 15.7. The smallest absolute Gasteiger partial charge is 0.439 e. The van der Waals surface area contributed by atoms with E-state index in [1.807, 2.05) is 6.92 Å². The van der Waals surface area contributed by atoms with Crippen molar-refractivity contribution in [1.82, 2.24) is 19.3 Å². The Morgan fingerprint density at radius 3 is 2.26 bits per heavy atom. The number of halogens is 2. The van der Waals surface area contributed by atoms with Crippen LogP contribution in [0.25, 0.3) is 32.7 Å². The Morgan fingerprint density at radius 2 is 1.65 bits per heavy atom. The minimum absolute atomic E-state index is 0. The van der Waals surface area contributed by atoms with Crippen LogP contribution in [0.5, 0.6) is 5.75 Å². The molecule has 6 aromatic rings. The van der Waals surface area contributed by atoms with Crippen LogP contribution in [0, 0.1) is 11.6 Å². The van der Waals surface area contributed by atoms with Crippen LogP contribution in [0.3, 0.4) is 0 Å². The molecule has 3 aromatic carbocycles. The van der Waals surface area contributed by atoms with Gasteiger partial charge < -0.3 is 4.74 Å². The third-order valence-corrected chi connectivity index (χ3v) is 8.70. The fourth-order valence-electron chi connectivity index (χ4n) is 5.07. The molecule has 6 rings (SSSR count). The van der Waals surface area contributed by atoms with Gasteiger partial charge in [-0.1, -0.05) is 36.3 Å². The van der Waals surface area contributed by atoms with Crippen LogP contribution in [0.15, 0.2) is 85.6 Å². The summed E-state index contributed by atoms with van der Waals surface area (Å²) < 4.78 is 43.1. The number of aromatic amines is 1. The summed E-state index contributed by atoms with van der Waals surface area (Å²) in [5.74, 6) is -2.53. The summed E-state index contributed by atoms with van der Waals surface area (Å²) in [6, 6.07) is 16.6. The van der Waals surface area contributed by atoms with Gasteiger partial charge in [-0.3, -0.25) is 28.2 Å². The van der Waals surface area contributed by atoms with Crippen molar-refractivity contribution in [2.24, 2.45) is 0 Å². The second-order valence-corrected chi connectivity index (χ2v) is 11.2. The topological polar surface area (TPSA) is 129 Å². The van der Waals surface area contributed by atoms with E-state index < -0.39 is 53.1 Å². The predicted molar refractivity (Wildman–Crippen MR) is 170 cm³/mol. The zero-order valence-electron chi connectivity index (χ0n) is 24.9. The number of ether oxygens (including phenoxy) is 1. The van der Waals surface area contributed by atoms with E-state index in [1.54, 1.807) is 42.5 Å². The van der Waals surface area contributed by atoms with E-state index in [4.69, 9.17) is 4.74 Å². The molecule has 0 aliphatic carbocycles. The Labute approximate surface area is 305 Å². The maximum Gasteiger partial charge on any atom is 0.439 e. The number of nitrogens with zero attached hydrogens (tertiary/aromatic N) is 3. The first kappa shape index (κ1) is 33.6. The van der Waals surface area contributed by atoms with Crippen LogP contribution in [0.2, 0.25) is 0 Å². The number of carbonyl (C=O) groups is 1. The van der Waals surface area contributed by atoms with Gasteiger partial charge in [-0.2, -0.15) is 0 Å². The molecule has 1 N–H and O–H groups in total. The number of aromatic nitrogens is 4. The van der Waals surface area contributed by atoms with Crippen molar-refractivity contribution >= 4 is 78.7 Å². The molecular weight excluding hydrogens is 646 g/mol. The number of ketones is 1. The van der Waals surface area contributed by atoms with E-state index in [2.05, 4.69) is 14.7 Å². The fourth-order valence-corrected chi connectivity index (χ4v) is 6.15. The number of H-pyrrole nitrogens is 1. The van der Waals surface area contributed by atoms with Crippen molar-refractivity contribution in [2.45, 2.75) is 26.4 Å². The van der Waals surface area contributed by atoms with Crippen LogP contribution < -0.4 is 21.7 Å². The number of methoxy groups -OCH3 is 1. The van der Waals surface area contributed by atoms with E-state index in [1.165, 1.54) is 30.6 Å². The van der Waals surface area contributed by atoms with E-state index in [0.29, 0.717) is 23.3 Å². The van der Waals surface area contributed by atoms with Gasteiger partial charge in [0, 0.05) is 73.0 Å². The molecule has 0 unspecified atom stereocenters. The molecule has 0 saturated carbocycles. The number of benzene rings is 3. The minimum Gasteiger partial charge on any atom is -0.497 e. The number of hydrogen-bond donors (Lipinski definition) is 1. The largest absolute Gasteiger partial charge is 0.497 e. The van der Waals surface area contributed by atoms with Crippen molar-refractivity contribution in [3.63, 3.8) is 0 Å². The van der Waals surface area contributed by atoms with Crippen LogP contribution in [-0.4, -0.2) is 83.6 Å². The van der Waals surface area contributed by atoms with Crippen LogP contribution in [0.1, 0.15) is 27.7 Å². The van der Waals surface area contributed by atoms with Crippen LogP contribution in [-0.2, 0) is 19.5 Å². The summed E-state index contributed by atoms with van der Waals surface area (Å²) in [5.41, 5.74) is -0.770. The molecular formula is C32H24F2KN4O6S. The number of carbonyl (C=O) groups excluding carboxylic acids is 1. The molecule has 1 radical (unpaired) electrons. The van der Waals surface area contributed by atoms with Gasteiger partial charge in [0.1, 0.15) is 22.2 Å². The van der Waals surface area contributed by atoms with Crippen molar-refractivity contribution in [2.75, 3.05) is 7.11 Å². The van der Waals surface area contributed by atoms with Gasteiger partial charge in [-0.25, -0.2) is 18.4 Å². The SMILES string of the molecule is CCc1cc2c(=O)n(CC(=O)c3ccc(OC)cc3)c(=O)n(Cc3c(F)cc(-c4ccccc4-c4noc(=O)[nH]4)cc3F)c2s1.[K]. The summed E-state index contributed by atoms with van der Waals surface area (Å²) >= 11 is 1.17. The van der Waals surface area contributed by atoms with Gasteiger partial charge in [0.2, 0.25) is 0 Å². The Bertz CT molecular complexity index is 2250.